The highest BCUT2D eigenvalue weighted by Gasteiger charge is 2.37. The SMILES string of the molecule is NCC1(C(=O)Nc2ccc(O)c(Cl)c2)CCCCCC1. The number of hydrogen-bond donors (Lipinski definition) is 3. The Morgan fingerprint density at radius 2 is 1.95 bits per heavy atom. The van der Waals surface area contributed by atoms with Crippen LogP contribution in [0, 0.1) is 5.41 Å². The van der Waals surface area contributed by atoms with E-state index in [2.05, 4.69) is 5.32 Å². The molecule has 0 spiro atoms. The second-order valence-corrected chi connectivity index (χ2v) is 5.93. The first-order valence-corrected chi connectivity index (χ1v) is 7.45. The molecular formula is C15H21ClN2O2. The van der Waals surface area contributed by atoms with Crippen molar-refractivity contribution in [2.45, 2.75) is 38.5 Å². The molecule has 1 fully saturated rings. The second-order valence-electron chi connectivity index (χ2n) is 5.52. The summed E-state index contributed by atoms with van der Waals surface area (Å²) >= 11 is 5.85. The third-order valence-electron chi connectivity index (χ3n) is 4.14. The van der Waals surface area contributed by atoms with Crippen LogP contribution in [0.1, 0.15) is 38.5 Å². The Morgan fingerprint density at radius 3 is 2.50 bits per heavy atom. The van der Waals surface area contributed by atoms with E-state index in [1.807, 2.05) is 0 Å². The molecule has 2 rings (SSSR count). The molecule has 1 aromatic carbocycles. The average molecular weight is 297 g/mol. The van der Waals surface area contributed by atoms with E-state index in [1.54, 1.807) is 12.1 Å². The molecule has 1 amide bonds. The van der Waals surface area contributed by atoms with Crippen LogP contribution in [0.15, 0.2) is 18.2 Å². The zero-order valence-electron chi connectivity index (χ0n) is 11.5. The number of phenolic OH excluding ortho intramolecular Hbond substituents is 1. The topological polar surface area (TPSA) is 75.4 Å². The van der Waals surface area contributed by atoms with Gasteiger partial charge in [-0.05, 0) is 31.0 Å². The summed E-state index contributed by atoms with van der Waals surface area (Å²) in [5.41, 5.74) is 6.01. The molecule has 0 aromatic heterocycles. The molecule has 0 atom stereocenters. The van der Waals surface area contributed by atoms with Crippen molar-refractivity contribution >= 4 is 23.2 Å². The minimum absolute atomic E-state index is 0.00710. The summed E-state index contributed by atoms with van der Waals surface area (Å²) in [5, 5.41) is 12.5. The van der Waals surface area contributed by atoms with Gasteiger partial charge in [0.2, 0.25) is 5.91 Å². The number of hydrogen-bond acceptors (Lipinski definition) is 3. The number of rotatable bonds is 3. The molecule has 0 saturated heterocycles. The van der Waals surface area contributed by atoms with E-state index in [1.165, 1.54) is 18.9 Å². The third kappa shape index (κ3) is 3.25. The lowest BCUT2D eigenvalue weighted by Gasteiger charge is -2.29. The molecule has 5 heteroatoms. The van der Waals surface area contributed by atoms with Gasteiger partial charge in [-0.25, -0.2) is 0 Å². The van der Waals surface area contributed by atoms with E-state index in [9.17, 15) is 9.90 Å². The van der Waals surface area contributed by atoms with Gasteiger partial charge in [-0.2, -0.15) is 0 Å². The number of aromatic hydroxyl groups is 1. The Kier molecular flexibility index (Phi) is 4.89. The molecule has 4 N–H and O–H groups in total. The van der Waals surface area contributed by atoms with E-state index < -0.39 is 5.41 Å². The molecule has 1 saturated carbocycles. The van der Waals surface area contributed by atoms with Gasteiger partial charge in [0.15, 0.2) is 0 Å². The number of carbonyl (C=O) groups excluding carboxylic acids is 1. The molecule has 0 unspecified atom stereocenters. The minimum atomic E-state index is -0.471. The Balaban J connectivity index is 2.14. The van der Waals surface area contributed by atoms with Crippen molar-refractivity contribution in [3.63, 3.8) is 0 Å². The number of halogens is 1. The summed E-state index contributed by atoms with van der Waals surface area (Å²) < 4.78 is 0. The third-order valence-corrected chi connectivity index (χ3v) is 4.44. The zero-order valence-corrected chi connectivity index (χ0v) is 12.2. The summed E-state index contributed by atoms with van der Waals surface area (Å²) in [4.78, 5) is 12.6. The van der Waals surface area contributed by atoms with Crippen molar-refractivity contribution in [2.75, 3.05) is 11.9 Å². The molecule has 1 aromatic rings. The van der Waals surface area contributed by atoms with Gasteiger partial charge >= 0.3 is 0 Å². The number of phenols is 1. The number of anilines is 1. The van der Waals surface area contributed by atoms with E-state index in [0.717, 1.165) is 25.7 Å². The number of amides is 1. The average Bonchev–Trinajstić information content (AvgIpc) is 2.69. The number of nitrogens with two attached hydrogens (primary N) is 1. The first-order valence-electron chi connectivity index (χ1n) is 7.07. The molecule has 4 nitrogen and oxygen atoms in total. The van der Waals surface area contributed by atoms with Crippen LogP contribution in [0.25, 0.3) is 0 Å². The summed E-state index contributed by atoms with van der Waals surface area (Å²) in [5.74, 6) is -0.0312. The van der Waals surface area contributed by atoms with E-state index in [0.29, 0.717) is 12.2 Å². The maximum absolute atomic E-state index is 12.6. The Labute approximate surface area is 124 Å². The lowest BCUT2D eigenvalue weighted by Crippen LogP contribution is -2.42. The molecule has 0 aliphatic heterocycles. The smallest absolute Gasteiger partial charge is 0.231 e. The van der Waals surface area contributed by atoms with Crippen LogP contribution < -0.4 is 11.1 Å². The number of benzene rings is 1. The van der Waals surface area contributed by atoms with Crippen LogP contribution in [0.3, 0.4) is 0 Å². The highest BCUT2D eigenvalue weighted by molar-refractivity contribution is 6.32. The van der Waals surface area contributed by atoms with Crippen molar-refractivity contribution in [3.05, 3.63) is 23.2 Å². The van der Waals surface area contributed by atoms with E-state index >= 15 is 0 Å². The van der Waals surface area contributed by atoms with Gasteiger partial charge in [0, 0.05) is 12.2 Å². The van der Waals surface area contributed by atoms with Gasteiger partial charge in [0.25, 0.3) is 0 Å². The number of carbonyl (C=O) groups is 1. The van der Waals surface area contributed by atoms with Crippen molar-refractivity contribution in [3.8, 4) is 5.75 Å². The summed E-state index contributed by atoms with van der Waals surface area (Å²) in [7, 11) is 0. The quantitative estimate of drug-likeness (QED) is 0.592. The molecule has 1 aliphatic carbocycles. The van der Waals surface area contributed by atoms with Crippen LogP contribution in [0.2, 0.25) is 5.02 Å². The van der Waals surface area contributed by atoms with Gasteiger partial charge in [0.1, 0.15) is 5.75 Å². The standard InChI is InChI=1S/C15H21ClN2O2/c16-12-9-11(5-6-13(12)19)18-14(20)15(10-17)7-3-1-2-4-8-15/h5-6,9,19H,1-4,7-8,10,17H2,(H,18,20). The molecule has 0 radical (unpaired) electrons. The van der Waals surface area contributed by atoms with Crippen molar-refractivity contribution in [1.82, 2.24) is 0 Å². The highest BCUT2D eigenvalue weighted by Crippen LogP contribution is 2.36. The maximum Gasteiger partial charge on any atom is 0.231 e. The van der Waals surface area contributed by atoms with Gasteiger partial charge in [-0.1, -0.05) is 37.3 Å². The molecule has 0 bridgehead atoms. The van der Waals surface area contributed by atoms with Crippen LogP contribution >= 0.6 is 11.6 Å². The fourth-order valence-corrected chi connectivity index (χ4v) is 2.96. The van der Waals surface area contributed by atoms with Crippen molar-refractivity contribution in [1.29, 1.82) is 0 Å². The van der Waals surface area contributed by atoms with Crippen LogP contribution in [0.5, 0.6) is 5.75 Å². The Morgan fingerprint density at radius 1 is 1.30 bits per heavy atom. The molecule has 0 heterocycles. The monoisotopic (exact) mass is 296 g/mol. The van der Waals surface area contributed by atoms with E-state index in [-0.39, 0.29) is 16.7 Å². The minimum Gasteiger partial charge on any atom is -0.506 e. The lowest BCUT2D eigenvalue weighted by molar-refractivity contribution is -0.125. The molecule has 20 heavy (non-hydrogen) atoms. The van der Waals surface area contributed by atoms with Crippen LogP contribution in [-0.2, 0) is 4.79 Å². The van der Waals surface area contributed by atoms with Gasteiger partial charge in [-0.15, -0.1) is 0 Å². The molecular weight excluding hydrogens is 276 g/mol. The molecule has 1 aliphatic rings. The van der Waals surface area contributed by atoms with E-state index in [4.69, 9.17) is 17.3 Å². The Bertz CT molecular complexity index is 483. The summed E-state index contributed by atoms with van der Waals surface area (Å²) in [6.45, 7) is 0.366. The number of nitrogens with one attached hydrogen (secondary N) is 1. The first kappa shape index (κ1) is 15.1. The fraction of sp³-hybridized carbons (Fsp3) is 0.533. The van der Waals surface area contributed by atoms with Crippen molar-refractivity contribution < 1.29 is 9.90 Å². The predicted molar refractivity (Wildman–Crippen MR) is 80.9 cm³/mol. The van der Waals surface area contributed by atoms with Gasteiger partial charge < -0.3 is 16.2 Å². The Hall–Kier alpha value is -1.26. The van der Waals surface area contributed by atoms with Gasteiger partial charge in [-0.3, -0.25) is 4.79 Å². The fourth-order valence-electron chi connectivity index (χ4n) is 2.78. The summed E-state index contributed by atoms with van der Waals surface area (Å²) in [6, 6.07) is 4.66. The van der Waals surface area contributed by atoms with Crippen molar-refractivity contribution in [2.24, 2.45) is 11.1 Å². The summed E-state index contributed by atoms with van der Waals surface area (Å²) in [6.07, 6.45) is 6.09. The normalized spacial score (nSPS) is 18.3. The lowest BCUT2D eigenvalue weighted by atomic mass is 9.79. The highest BCUT2D eigenvalue weighted by atomic mass is 35.5. The van der Waals surface area contributed by atoms with Crippen LogP contribution in [-0.4, -0.2) is 17.6 Å². The second kappa shape index (κ2) is 6.46. The first-order chi connectivity index (χ1) is 9.57. The molecule has 110 valence electrons. The largest absolute Gasteiger partial charge is 0.506 e. The van der Waals surface area contributed by atoms with Gasteiger partial charge in [0.05, 0.1) is 10.4 Å². The maximum atomic E-state index is 12.6. The van der Waals surface area contributed by atoms with Crippen LogP contribution in [0.4, 0.5) is 5.69 Å². The zero-order chi connectivity index (χ0) is 14.6. The predicted octanol–water partition coefficient (Wildman–Crippen LogP) is 3.28.